The normalized spacial score (nSPS) is 10.4. The molecule has 0 aliphatic rings. The molecule has 0 saturated heterocycles. The lowest BCUT2D eigenvalue weighted by molar-refractivity contribution is 0.0989. The van der Waals surface area contributed by atoms with Crippen molar-refractivity contribution in [3.05, 3.63) is 72.0 Å². The first-order chi connectivity index (χ1) is 11.5. The highest BCUT2D eigenvalue weighted by molar-refractivity contribution is 6.01. The second-order valence-electron chi connectivity index (χ2n) is 5.12. The predicted molar refractivity (Wildman–Crippen MR) is 86.3 cm³/mol. The lowest BCUT2D eigenvalue weighted by Gasteiger charge is -2.03. The lowest BCUT2D eigenvalue weighted by atomic mass is 10.1. The van der Waals surface area contributed by atoms with Gasteiger partial charge in [0.25, 0.3) is 5.89 Å². The molecule has 2 aromatic carbocycles. The standard InChI is InChI=1S/C18H13FN2O3/c1-11(22)12-4-8-15(9-5-12)21-17(23)18-20-10-16(24-18)13-2-6-14(19)7-3-13/h2-10H,1H3,(H,21,23). The average Bonchev–Trinajstić information content (AvgIpc) is 3.06. The molecular weight excluding hydrogens is 311 g/mol. The minimum Gasteiger partial charge on any atom is -0.432 e. The molecule has 120 valence electrons. The summed E-state index contributed by atoms with van der Waals surface area (Å²) in [6.45, 7) is 1.47. The summed E-state index contributed by atoms with van der Waals surface area (Å²) >= 11 is 0. The highest BCUT2D eigenvalue weighted by Crippen LogP contribution is 2.21. The molecule has 0 aliphatic carbocycles. The molecular formula is C18H13FN2O3. The lowest BCUT2D eigenvalue weighted by Crippen LogP contribution is -2.12. The number of amides is 1. The number of oxazole rings is 1. The van der Waals surface area contributed by atoms with Crippen LogP contribution in [0.25, 0.3) is 11.3 Å². The molecule has 24 heavy (non-hydrogen) atoms. The van der Waals surface area contributed by atoms with Gasteiger partial charge in [-0.25, -0.2) is 9.37 Å². The zero-order valence-electron chi connectivity index (χ0n) is 12.7. The van der Waals surface area contributed by atoms with Crippen molar-refractivity contribution in [1.29, 1.82) is 0 Å². The van der Waals surface area contributed by atoms with Crippen LogP contribution in [0.4, 0.5) is 10.1 Å². The van der Waals surface area contributed by atoms with Crippen LogP contribution >= 0.6 is 0 Å². The fourth-order valence-corrected chi connectivity index (χ4v) is 2.10. The SMILES string of the molecule is CC(=O)c1ccc(NC(=O)c2ncc(-c3ccc(F)cc3)o2)cc1. The molecule has 0 spiro atoms. The van der Waals surface area contributed by atoms with E-state index in [9.17, 15) is 14.0 Å². The molecule has 0 saturated carbocycles. The van der Waals surface area contributed by atoms with E-state index >= 15 is 0 Å². The van der Waals surface area contributed by atoms with Crippen LogP contribution in [-0.4, -0.2) is 16.7 Å². The minimum atomic E-state index is -0.515. The fourth-order valence-electron chi connectivity index (χ4n) is 2.10. The Morgan fingerprint density at radius 3 is 2.33 bits per heavy atom. The molecule has 6 heteroatoms. The summed E-state index contributed by atoms with van der Waals surface area (Å²) in [4.78, 5) is 27.3. The Labute approximate surface area is 137 Å². The third-order valence-electron chi connectivity index (χ3n) is 3.38. The van der Waals surface area contributed by atoms with Crippen LogP contribution in [0.5, 0.6) is 0 Å². The van der Waals surface area contributed by atoms with E-state index in [2.05, 4.69) is 10.3 Å². The Bertz CT molecular complexity index is 883. The van der Waals surface area contributed by atoms with E-state index in [-0.39, 0.29) is 17.5 Å². The zero-order valence-corrected chi connectivity index (χ0v) is 12.7. The van der Waals surface area contributed by atoms with Gasteiger partial charge in [0.05, 0.1) is 6.20 Å². The van der Waals surface area contributed by atoms with Crippen molar-refractivity contribution in [2.24, 2.45) is 0 Å². The number of halogens is 1. The molecule has 0 bridgehead atoms. The molecule has 1 aromatic heterocycles. The van der Waals surface area contributed by atoms with Gasteiger partial charge in [-0.3, -0.25) is 9.59 Å². The van der Waals surface area contributed by atoms with Crippen LogP contribution in [-0.2, 0) is 0 Å². The van der Waals surface area contributed by atoms with E-state index in [0.717, 1.165) is 0 Å². The van der Waals surface area contributed by atoms with Crippen molar-refractivity contribution in [2.45, 2.75) is 6.92 Å². The van der Waals surface area contributed by atoms with Gasteiger partial charge in [-0.05, 0) is 55.5 Å². The van der Waals surface area contributed by atoms with Gasteiger partial charge in [-0.15, -0.1) is 0 Å². The Morgan fingerprint density at radius 2 is 1.71 bits per heavy atom. The third kappa shape index (κ3) is 3.38. The van der Waals surface area contributed by atoms with E-state index in [1.807, 2.05) is 0 Å². The first-order valence-corrected chi connectivity index (χ1v) is 7.17. The molecule has 1 amide bonds. The number of nitrogens with one attached hydrogen (secondary N) is 1. The van der Waals surface area contributed by atoms with Crippen LogP contribution < -0.4 is 5.32 Å². The van der Waals surface area contributed by atoms with Crippen LogP contribution in [0, 0.1) is 5.82 Å². The second-order valence-corrected chi connectivity index (χ2v) is 5.12. The quantitative estimate of drug-likeness (QED) is 0.738. The molecule has 0 unspecified atom stereocenters. The van der Waals surface area contributed by atoms with Gasteiger partial charge >= 0.3 is 5.91 Å². The van der Waals surface area contributed by atoms with E-state index in [4.69, 9.17) is 4.42 Å². The summed E-state index contributed by atoms with van der Waals surface area (Å²) in [5, 5.41) is 2.63. The van der Waals surface area contributed by atoms with Gasteiger partial charge in [0.1, 0.15) is 5.82 Å². The van der Waals surface area contributed by atoms with Crippen molar-refractivity contribution in [3.8, 4) is 11.3 Å². The number of hydrogen-bond acceptors (Lipinski definition) is 4. The number of nitrogens with zero attached hydrogens (tertiary/aromatic N) is 1. The number of carbonyl (C=O) groups is 2. The molecule has 5 nitrogen and oxygen atoms in total. The maximum atomic E-state index is 12.9. The van der Waals surface area contributed by atoms with Gasteiger partial charge in [0.2, 0.25) is 0 Å². The zero-order chi connectivity index (χ0) is 17.1. The number of rotatable bonds is 4. The van der Waals surface area contributed by atoms with E-state index in [1.54, 1.807) is 24.3 Å². The monoisotopic (exact) mass is 324 g/mol. The Hall–Kier alpha value is -3.28. The number of carbonyl (C=O) groups excluding carboxylic acids is 2. The van der Waals surface area contributed by atoms with E-state index in [0.29, 0.717) is 22.6 Å². The number of benzene rings is 2. The average molecular weight is 324 g/mol. The van der Waals surface area contributed by atoms with Gasteiger partial charge in [0.15, 0.2) is 11.5 Å². The van der Waals surface area contributed by atoms with Crippen molar-refractivity contribution in [1.82, 2.24) is 4.98 Å². The van der Waals surface area contributed by atoms with Crippen LogP contribution in [0.3, 0.4) is 0 Å². The molecule has 0 atom stereocenters. The van der Waals surface area contributed by atoms with Crippen LogP contribution in [0.1, 0.15) is 28.0 Å². The van der Waals surface area contributed by atoms with Crippen LogP contribution in [0.2, 0.25) is 0 Å². The van der Waals surface area contributed by atoms with Gasteiger partial charge in [0, 0.05) is 16.8 Å². The summed E-state index contributed by atoms with van der Waals surface area (Å²) in [5.74, 6) is -0.661. The highest BCUT2D eigenvalue weighted by Gasteiger charge is 2.14. The number of Topliss-reactive ketones (excluding diaryl/α,β-unsaturated/α-hetero) is 1. The minimum absolute atomic E-state index is 0.0514. The molecule has 3 rings (SSSR count). The summed E-state index contributed by atoms with van der Waals surface area (Å²) < 4.78 is 18.3. The Balaban J connectivity index is 1.73. The third-order valence-corrected chi connectivity index (χ3v) is 3.38. The van der Waals surface area contributed by atoms with Crippen molar-refractivity contribution in [2.75, 3.05) is 5.32 Å². The maximum absolute atomic E-state index is 12.9. The molecule has 1 heterocycles. The van der Waals surface area contributed by atoms with E-state index < -0.39 is 5.91 Å². The number of aromatic nitrogens is 1. The fraction of sp³-hybridized carbons (Fsp3) is 0.0556. The first-order valence-electron chi connectivity index (χ1n) is 7.17. The molecule has 0 radical (unpaired) electrons. The van der Waals surface area contributed by atoms with Crippen molar-refractivity contribution < 1.29 is 18.4 Å². The predicted octanol–water partition coefficient (Wildman–Crippen LogP) is 3.94. The first kappa shape index (κ1) is 15.6. The van der Waals surface area contributed by atoms with Gasteiger partial charge in [-0.2, -0.15) is 0 Å². The van der Waals surface area contributed by atoms with Crippen molar-refractivity contribution in [3.63, 3.8) is 0 Å². The van der Waals surface area contributed by atoms with E-state index in [1.165, 1.54) is 37.4 Å². The Kier molecular flexibility index (Phi) is 4.20. The van der Waals surface area contributed by atoms with Crippen molar-refractivity contribution >= 4 is 17.4 Å². The molecule has 3 aromatic rings. The summed E-state index contributed by atoms with van der Waals surface area (Å²) in [5.41, 5.74) is 1.70. The Morgan fingerprint density at radius 1 is 1.04 bits per heavy atom. The second kappa shape index (κ2) is 6.45. The number of anilines is 1. The van der Waals surface area contributed by atoms with Crippen LogP contribution in [0.15, 0.2) is 59.1 Å². The highest BCUT2D eigenvalue weighted by atomic mass is 19.1. The maximum Gasteiger partial charge on any atom is 0.311 e. The van der Waals surface area contributed by atoms with Gasteiger partial charge in [-0.1, -0.05) is 0 Å². The molecule has 0 aliphatic heterocycles. The summed E-state index contributed by atoms with van der Waals surface area (Å²) in [7, 11) is 0. The summed E-state index contributed by atoms with van der Waals surface area (Å²) in [6, 6.07) is 12.2. The smallest absolute Gasteiger partial charge is 0.311 e. The summed E-state index contributed by atoms with van der Waals surface area (Å²) in [6.07, 6.45) is 1.40. The topological polar surface area (TPSA) is 72.2 Å². The number of hydrogen-bond donors (Lipinski definition) is 1. The molecule has 0 fully saturated rings. The largest absolute Gasteiger partial charge is 0.432 e. The molecule has 1 N–H and O–H groups in total. The van der Waals surface area contributed by atoms with Gasteiger partial charge < -0.3 is 9.73 Å². The number of ketones is 1.